The standard InChI is InChI=1S/C66H47NO/c1-65(2)54-28-11-8-22-48(54)61-46(25-15-30-56(61)65)43-38-52(47-27-16-31-57-62(47)49-23-9-12-29-55(49)66(57,3)4)64-53(39-43)51-37-42(45-26-17-33-60-63(45)50-24-10-13-32-59(50)68-60)34-35-58(51)67(64)44-21-14-20-41(36-44)40-18-6-5-7-19-40/h5-39H,1-4H3. The Labute approximate surface area is 396 Å². The summed E-state index contributed by atoms with van der Waals surface area (Å²) >= 11 is 0. The molecule has 2 heterocycles. The number of hydrogen-bond donors (Lipinski definition) is 0. The number of rotatable bonds is 5. The van der Waals surface area contributed by atoms with Gasteiger partial charge >= 0.3 is 0 Å². The molecule has 322 valence electrons. The molecule has 0 saturated heterocycles. The monoisotopic (exact) mass is 869 g/mol. The van der Waals surface area contributed by atoms with Crippen LogP contribution in [0.2, 0.25) is 0 Å². The molecule has 68 heavy (non-hydrogen) atoms. The largest absolute Gasteiger partial charge is 0.456 e. The molecule has 2 nitrogen and oxygen atoms in total. The van der Waals surface area contributed by atoms with E-state index in [9.17, 15) is 0 Å². The lowest BCUT2D eigenvalue weighted by atomic mass is 9.81. The predicted octanol–water partition coefficient (Wildman–Crippen LogP) is 18.0. The van der Waals surface area contributed by atoms with Crippen LogP contribution in [0.4, 0.5) is 0 Å². The van der Waals surface area contributed by atoms with Gasteiger partial charge in [-0.15, -0.1) is 0 Å². The van der Waals surface area contributed by atoms with Crippen LogP contribution in [0.25, 0.3) is 116 Å². The second-order valence-corrected chi connectivity index (χ2v) is 20.0. The lowest BCUT2D eigenvalue weighted by Crippen LogP contribution is -2.14. The summed E-state index contributed by atoms with van der Waals surface area (Å²) in [6, 6.07) is 79.0. The highest BCUT2D eigenvalue weighted by molar-refractivity contribution is 6.19. The van der Waals surface area contributed by atoms with E-state index < -0.39 is 0 Å². The van der Waals surface area contributed by atoms with E-state index >= 15 is 0 Å². The molecule has 0 spiro atoms. The van der Waals surface area contributed by atoms with Gasteiger partial charge in [-0.25, -0.2) is 0 Å². The summed E-state index contributed by atoms with van der Waals surface area (Å²) in [6.07, 6.45) is 0. The Morgan fingerprint density at radius 3 is 1.66 bits per heavy atom. The van der Waals surface area contributed by atoms with Crippen molar-refractivity contribution in [1.82, 2.24) is 4.57 Å². The fourth-order valence-corrected chi connectivity index (χ4v) is 12.4. The zero-order chi connectivity index (χ0) is 45.5. The number of para-hydroxylation sites is 1. The summed E-state index contributed by atoms with van der Waals surface area (Å²) in [5.74, 6) is 0. The first-order chi connectivity index (χ1) is 33.3. The summed E-state index contributed by atoms with van der Waals surface area (Å²) in [6.45, 7) is 9.53. The van der Waals surface area contributed by atoms with Gasteiger partial charge in [0.05, 0.1) is 11.0 Å². The van der Waals surface area contributed by atoms with Crippen molar-refractivity contribution in [1.29, 1.82) is 0 Å². The van der Waals surface area contributed by atoms with Crippen LogP contribution < -0.4 is 0 Å². The van der Waals surface area contributed by atoms with Gasteiger partial charge in [-0.3, -0.25) is 0 Å². The van der Waals surface area contributed by atoms with Crippen LogP contribution in [0, 0.1) is 0 Å². The molecular formula is C66H47NO. The summed E-state index contributed by atoms with van der Waals surface area (Å²) in [7, 11) is 0. The zero-order valence-electron chi connectivity index (χ0n) is 38.6. The third-order valence-electron chi connectivity index (χ3n) is 15.6. The number of nitrogens with zero attached hydrogens (tertiary/aromatic N) is 1. The van der Waals surface area contributed by atoms with Crippen molar-refractivity contribution < 1.29 is 4.42 Å². The molecule has 0 N–H and O–H groups in total. The molecule has 0 bridgehead atoms. The van der Waals surface area contributed by atoms with Gasteiger partial charge in [0.15, 0.2) is 0 Å². The second kappa shape index (κ2) is 14.2. The quantitative estimate of drug-likeness (QED) is 0.169. The van der Waals surface area contributed by atoms with Gasteiger partial charge < -0.3 is 8.98 Å². The molecule has 0 saturated carbocycles. The maximum atomic E-state index is 6.46. The SMILES string of the molecule is CC1(C)c2ccccc2-c2c(-c3cc(-c4cccc5c4-c4ccccc4C5(C)C)c4c(c3)c3cc(-c5cccc6oc7ccccc7c56)ccc3n4-c3cccc(-c4ccccc4)c3)cccc21. The van der Waals surface area contributed by atoms with Gasteiger partial charge in [-0.05, 0) is 132 Å². The van der Waals surface area contributed by atoms with Gasteiger partial charge in [0, 0.05) is 43.6 Å². The Morgan fingerprint density at radius 1 is 0.338 bits per heavy atom. The molecule has 10 aromatic carbocycles. The van der Waals surface area contributed by atoms with E-state index in [0.717, 1.165) is 44.3 Å². The van der Waals surface area contributed by atoms with Crippen molar-refractivity contribution >= 4 is 43.7 Å². The van der Waals surface area contributed by atoms with E-state index in [0.29, 0.717) is 0 Å². The minimum Gasteiger partial charge on any atom is -0.456 e. The maximum absolute atomic E-state index is 6.46. The zero-order valence-corrected chi connectivity index (χ0v) is 38.6. The minimum absolute atomic E-state index is 0.128. The Kier molecular flexibility index (Phi) is 8.12. The summed E-state index contributed by atoms with van der Waals surface area (Å²) < 4.78 is 9.01. The number of fused-ring (bicyclic) bond motifs is 12. The molecule has 0 aliphatic heterocycles. The summed E-state index contributed by atoms with van der Waals surface area (Å²) in [4.78, 5) is 0. The Morgan fingerprint density at radius 2 is 0.897 bits per heavy atom. The van der Waals surface area contributed by atoms with Crippen molar-refractivity contribution in [3.8, 4) is 72.4 Å². The van der Waals surface area contributed by atoms with E-state index in [1.54, 1.807) is 0 Å². The van der Waals surface area contributed by atoms with Crippen LogP contribution in [-0.4, -0.2) is 4.57 Å². The average molecular weight is 870 g/mol. The van der Waals surface area contributed by atoms with Crippen LogP contribution in [0.3, 0.4) is 0 Å². The normalized spacial score (nSPS) is 14.1. The van der Waals surface area contributed by atoms with E-state index in [1.807, 2.05) is 0 Å². The van der Waals surface area contributed by atoms with Gasteiger partial charge in [-0.1, -0.05) is 191 Å². The van der Waals surface area contributed by atoms with Crippen molar-refractivity contribution in [3.63, 3.8) is 0 Å². The highest BCUT2D eigenvalue weighted by atomic mass is 16.3. The fraction of sp³-hybridized carbons (Fsp3) is 0.0909. The molecule has 2 aliphatic rings. The third kappa shape index (κ3) is 5.40. The van der Waals surface area contributed by atoms with E-state index in [1.165, 1.54) is 94.2 Å². The number of furan rings is 1. The molecule has 2 aromatic heterocycles. The van der Waals surface area contributed by atoms with Gasteiger partial charge in [0.1, 0.15) is 11.2 Å². The smallest absolute Gasteiger partial charge is 0.136 e. The molecule has 0 amide bonds. The van der Waals surface area contributed by atoms with Crippen LogP contribution in [0.15, 0.2) is 217 Å². The predicted molar refractivity (Wildman–Crippen MR) is 285 cm³/mol. The van der Waals surface area contributed by atoms with Crippen LogP contribution in [0.1, 0.15) is 49.9 Å². The van der Waals surface area contributed by atoms with E-state index in [-0.39, 0.29) is 10.8 Å². The molecule has 0 unspecified atom stereocenters. The lowest BCUT2D eigenvalue weighted by Gasteiger charge is -2.22. The first-order valence-corrected chi connectivity index (χ1v) is 23.9. The van der Waals surface area contributed by atoms with Gasteiger partial charge in [0.2, 0.25) is 0 Å². The van der Waals surface area contributed by atoms with Gasteiger partial charge in [-0.2, -0.15) is 0 Å². The Bertz CT molecular complexity index is 4080. The number of benzene rings is 10. The summed E-state index contributed by atoms with van der Waals surface area (Å²) in [5, 5.41) is 4.70. The van der Waals surface area contributed by atoms with Crippen LogP contribution >= 0.6 is 0 Å². The van der Waals surface area contributed by atoms with Crippen molar-refractivity contribution in [2.75, 3.05) is 0 Å². The molecule has 14 rings (SSSR count). The molecule has 0 radical (unpaired) electrons. The highest BCUT2D eigenvalue weighted by Crippen LogP contribution is 2.56. The van der Waals surface area contributed by atoms with Crippen molar-refractivity contribution in [2.24, 2.45) is 0 Å². The highest BCUT2D eigenvalue weighted by Gasteiger charge is 2.39. The second-order valence-electron chi connectivity index (χ2n) is 20.0. The van der Waals surface area contributed by atoms with E-state index in [2.05, 4.69) is 245 Å². The third-order valence-corrected chi connectivity index (χ3v) is 15.6. The van der Waals surface area contributed by atoms with Crippen LogP contribution in [0.5, 0.6) is 0 Å². The number of hydrogen-bond acceptors (Lipinski definition) is 1. The van der Waals surface area contributed by atoms with E-state index in [4.69, 9.17) is 4.42 Å². The molecule has 0 fully saturated rings. The maximum Gasteiger partial charge on any atom is 0.136 e. The Balaban J connectivity index is 1.14. The lowest BCUT2D eigenvalue weighted by molar-refractivity contribution is 0.660. The first kappa shape index (κ1) is 39.0. The average Bonchev–Trinajstić information content (AvgIpc) is 4.07. The van der Waals surface area contributed by atoms with Crippen LogP contribution in [-0.2, 0) is 10.8 Å². The Hall–Kier alpha value is -8.20. The molecular weight excluding hydrogens is 823 g/mol. The topological polar surface area (TPSA) is 18.1 Å². The van der Waals surface area contributed by atoms with Gasteiger partial charge in [0.25, 0.3) is 0 Å². The first-order valence-electron chi connectivity index (χ1n) is 23.9. The minimum atomic E-state index is -0.155. The van der Waals surface area contributed by atoms with Crippen molar-refractivity contribution in [3.05, 3.63) is 235 Å². The van der Waals surface area contributed by atoms with Crippen molar-refractivity contribution in [2.45, 2.75) is 38.5 Å². The molecule has 2 heteroatoms. The number of aromatic nitrogens is 1. The molecule has 12 aromatic rings. The summed E-state index contributed by atoms with van der Waals surface area (Å²) in [5.41, 5.74) is 25.4. The molecule has 2 aliphatic carbocycles. The fourth-order valence-electron chi connectivity index (χ4n) is 12.4. The molecule has 0 atom stereocenters.